The molecule has 1 N–H and O–H groups in total. The number of nitrogens with one attached hydrogen (secondary N) is 1. The molecular formula is C24H19F3N6O2S. The van der Waals surface area contributed by atoms with Crippen molar-refractivity contribution < 1.29 is 21.6 Å². The van der Waals surface area contributed by atoms with Gasteiger partial charge in [-0.25, -0.2) is 12.7 Å². The molecule has 8 nitrogen and oxygen atoms in total. The van der Waals surface area contributed by atoms with Crippen molar-refractivity contribution in [2.75, 3.05) is 19.4 Å². The van der Waals surface area contributed by atoms with Crippen molar-refractivity contribution in [2.45, 2.75) is 11.1 Å². The molecule has 0 aliphatic carbocycles. The summed E-state index contributed by atoms with van der Waals surface area (Å²) in [5.74, 6) is 0.221. The monoisotopic (exact) mass is 512 g/mol. The topological polar surface area (TPSA) is 92.5 Å². The van der Waals surface area contributed by atoms with E-state index in [0.29, 0.717) is 22.3 Å². The highest BCUT2D eigenvalue weighted by molar-refractivity contribution is 7.89. The summed E-state index contributed by atoms with van der Waals surface area (Å²) < 4.78 is 68.6. The highest BCUT2D eigenvalue weighted by atomic mass is 32.2. The van der Waals surface area contributed by atoms with Crippen LogP contribution >= 0.6 is 0 Å². The fraction of sp³-hybridized carbons (Fsp3) is 0.125. The third-order valence-corrected chi connectivity index (χ3v) is 7.42. The van der Waals surface area contributed by atoms with Gasteiger partial charge < -0.3 is 5.32 Å². The van der Waals surface area contributed by atoms with E-state index in [0.717, 1.165) is 10.4 Å². The molecule has 0 bridgehead atoms. The van der Waals surface area contributed by atoms with E-state index in [1.807, 2.05) is 0 Å². The molecule has 12 heteroatoms. The largest absolute Gasteiger partial charge is 0.417 e. The highest BCUT2D eigenvalue weighted by Crippen LogP contribution is 2.37. The zero-order valence-electron chi connectivity index (χ0n) is 19.0. The van der Waals surface area contributed by atoms with Crippen LogP contribution in [0, 0.1) is 0 Å². The van der Waals surface area contributed by atoms with Crippen LogP contribution in [0.2, 0.25) is 0 Å². The van der Waals surface area contributed by atoms with Gasteiger partial charge in [-0.15, -0.1) is 15.3 Å². The maximum atomic E-state index is 13.7. The van der Waals surface area contributed by atoms with E-state index in [-0.39, 0.29) is 21.9 Å². The first-order valence-corrected chi connectivity index (χ1v) is 12.1. The van der Waals surface area contributed by atoms with Gasteiger partial charge in [-0.3, -0.25) is 0 Å². The Balaban J connectivity index is 1.70. The van der Waals surface area contributed by atoms with Crippen LogP contribution in [0.15, 0.2) is 77.7 Å². The van der Waals surface area contributed by atoms with Crippen LogP contribution in [-0.2, 0) is 16.2 Å². The van der Waals surface area contributed by atoms with Crippen LogP contribution in [-0.4, -0.2) is 46.6 Å². The van der Waals surface area contributed by atoms with Gasteiger partial charge in [0.2, 0.25) is 10.0 Å². The second-order valence-electron chi connectivity index (χ2n) is 8.14. The Hall–Kier alpha value is -4.03. The van der Waals surface area contributed by atoms with Gasteiger partial charge in [-0.2, -0.15) is 17.7 Å². The molecule has 5 aromatic rings. The summed E-state index contributed by atoms with van der Waals surface area (Å²) in [6.45, 7) is 0. The molecule has 0 atom stereocenters. The SMILES string of the molecule is CN(C)S(=O)(=O)c1cccc(Nc2nn3c(-c4ccccc4C(F)(F)F)nnc3c3ccccc23)c1. The lowest BCUT2D eigenvalue weighted by atomic mass is 10.1. The van der Waals surface area contributed by atoms with Gasteiger partial charge in [-0.1, -0.05) is 48.5 Å². The van der Waals surface area contributed by atoms with Gasteiger partial charge in [-0.05, 0) is 24.3 Å². The van der Waals surface area contributed by atoms with Crippen molar-refractivity contribution in [3.8, 4) is 11.4 Å². The second kappa shape index (κ2) is 8.57. The molecule has 2 aromatic heterocycles. The van der Waals surface area contributed by atoms with Crippen molar-refractivity contribution >= 4 is 37.9 Å². The molecule has 0 aliphatic heterocycles. The lowest BCUT2D eigenvalue weighted by Gasteiger charge is -2.14. The average Bonchev–Trinajstić information content (AvgIpc) is 3.28. The van der Waals surface area contributed by atoms with E-state index in [2.05, 4.69) is 20.6 Å². The summed E-state index contributed by atoms with van der Waals surface area (Å²) in [6.07, 6.45) is -4.60. The minimum absolute atomic E-state index is 0.0735. The van der Waals surface area contributed by atoms with Gasteiger partial charge in [0.05, 0.1) is 10.5 Å². The number of halogens is 3. The number of alkyl halides is 3. The molecular weight excluding hydrogens is 493 g/mol. The summed E-state index contributed by atoms with van der Waals surface area (Å²) >= 11 is 0. The second-order valence-corrected chi connectivity index (χ2v) is 10.3. The summed E-state index contributed by atoms with van der Waals surface area (Å²) in [7, 11) is -0.810. The van der Waals surface area contributed by atoms with E-state index in [1.165, 1.54) is 48.9 Å². The molecule has 0 saturated heterocycles. The first-order valence-electron chi connectivity index (χ1n) is 10.7. The molecule has 3 aromatic carbocycles. The van der Waals surface area contributed by atoms with Crippen LogP contribution in [0.25, 0.3) is 27.8 Å². The average molecular weight is 513 g/mol. The Kier molecular flexibility index (Phi) is 5.64. The van der Waals surface area contributed by atoms with Gasteiger partial charge in [0.15, 0.2) is 17.3 Å². The Morgan fingerprint density at radius 2 is 1.58 bits per heavy atom. The van der Waals surface area contributed by atoms with E-state index < -0.39 is 21.8 Å². The third-order valence-electron chi connectivity index (χ3n) is 5.61. The first-order chi connectivity index (χ1) is 17.1. The van der Waals surface area contributed by atoms with E-state index in [4.69, 9.17) is 0 Å². The molecule has 0 radical (unpaired) electrons. The highest BCUT2D eigenvalue weighted by Gasteiger charge is 2.35. The Bertz CT molecular complexity index is 1710. The number of hydrogen-bond donors (Lipinski definition) is 1. The van der Waals surface area contributed by atoms with Crippen molar-refractivity contribution in [1.82, 2.24) is 24.1 Å². The minimum Gasteiger partial charge on any atom is -0.338 e. The van der Waals surface area contributed by atoms with E-state index >= 15 is 0 Å². The summed E-state index contributed by atoms with van der Waals surface area (Å²) in [4.78, 5) is 0.0759. The maximum absolute atomic E-state index is 13.7. The van der Waals surface area contributed by atoms with Crippen molar-refractivity contribution in [3.63, 3.8) is 0 Å². The van der Waals surface area contributed by atoms with Crippen molar-refractivity contribution in [1.29, 1.82) is 0 Å². The zero-order chi connectivity index (χ0) is 25.7. The zero-order valence-corrected chi connectivity index (χ0v) is 19.8. The van der Waals surface area contributed by atoms with Gasteiger partial charge in [0, 0.05) is 36.1 Å². The molecule has 36 heavy (non-hydrogen) atoms. The summed E-state index contributed by atoms with van der Waals surface area (Å²) in [5.41, 5.74) is -0.303. The first kappa shape index (κ1) is 23.7. The van der Waals surface area contributed by atoms with Gasteiger partial charge in [0.1, 0.15) is 0 Å². The fourth-order valence-electron chi connectivity index (χ4n) is 3.85. The van der Waals surface area contributed by atoms with Crippen LogP contribution in [0.4, 0.5) is 24.7 Å². The molecule has 0 unspecified atom stereocenters. The van der Waals surface area contributed by atoms with Crippen molar-refractivity contribution in [2.24, 2.45) is 0 Å². The van der Waals surface area contributed by atoms with Crippen molar-refractivity contribution in [3.05, 3.63) is 78.4 Å². The fourth-order valence-corrected chi connectivity index (χ4v) is 4.80. The molecule has 0 saturated carbocycles. The smallest absolute Gasteiger partial charge is 0.338 e. The molecule has 5 rings (SSSR count). The van der Waals surface area contributed by atoms with Crippen LogP contribution in [0.1, 0.15) is 5.56 Å². The summed E-state index contributed by atoms with van der Waals surface area (Å²) in [5, 5.41) is 17.1. The Morgan fingerprint density at radius 3 is 2.31 bits per heavy atom. The van der Waals surface area contributed by atoms with Crippen LogP contribution < -0.4 is 5.32 Å². The number of sulfonamides is 1. The van der Waals surface area contributed by atoms with E-state index in [1.54, 1.807) is 36.4 Å². The number of nitrogens with zero attached hydrogens (tertiary/aromatic N) is 5. The molecule has 0 amide bonds. The Morgan fingerprint density at radius 1 is 0.889 bits per heavy atom. The standard InChI is InChI=1S/C24H19F3N6O2S/c1-32(2)36(34,35)16-9-7-8-15(14-16)28-21-17-10-3-4-11-18(17)22-29-30-23(33(22)31-21)19-12-5-6-13-20(19)24(25,26)27/h3-14H,1-2H3,(H,28,31). The predicted molar refractivity (Wildman–Crippen MR) is 129 cm³/mol. The summed E-state index contributed by atoms with van der Waals surface area (Å²) in [6, 6.07) is 18.4. The molecule has 0 fully saturated rings. The molecule has 0 spiro atoms. The lowest BCUT2D eigenvalue weighted by molar-refractivity contribution is -0.137. The quantitative estimate of drug-likeness (QED) is 0.358. The van der Waals surface area contributed by atoms with E-state index in [9.17, 15) is 21.6 Å². The number of anilines is 2. The number of fused-ring (bicyclic) bond motifs is 3. The van der Waals surface area contributed by atoms with Crippen LogP contribution in [0.3, 0.4) is 0 Å². The van der Waals surface area contributed by atoms with Gasteiger partial charge >= 0.3 is 6.18 Å². The number of rotatable bonds is 5. The van der Waals surface area contributed by atoms with Crippen LogP contribution in [0.5, 0.6) is 0 Å². The third kappa shape index (κ3) is 4.03. The number of hydrogen-bond acceptors (Lipinski definition) is 6. The maximum Gasteiger partial charge on any atom is 0.417 e. The minimum atomic E-state index is -4.60. The number of benzene rings is 3. The Labute approximate surface area is 204 Å². The van der Waals surface area contributed by atoms with Gasteiger partial charge in [0.25, 0.3) is 0 Å². The lowest BCUT2D eigenvalue weighted by Crippen LogP contribution is -2.22. The molecule has 2 heterocycles. The normalized spacial score (nSPS) is 12.5. The predicted octanol–water partition coefficient (Wildman–Crippen LogP) is 4.96. The number of aromatic nitrogens is 4. The molecule has 0 aliphatic rings. The molecule has 184 valence electrons.